The molecule has 0 aliphatic carbocycles. The molecular formula is C5H9NO3. The number of carbonyl (C=O) groups is 1. The van der Waals surface area contributed by atoms with E-state index in [1.54, 1.807) is 0 Å². The Kier molecular flexibility index (Phi) is 1.68. The number of amides is 1. The molecule has 1 rings (SSSR count). The summed E-state index contributed by atoms with van der Waals surface area (Å²) in [7, 11) is 0. The van der Waals surface area contributed by atoms with Gasteiger partial charge in [0, 0.05) is 6.42 Å². The molecule has 1 aliphatic heterocycles. The lowest BCUT2D eigenvalue weighted by molar-refractivity contribution is -0.167. The van der Waals surface area contributed by atoms with E-state index < -0.39 is 0 Å². The van der Waals surface area contributed by atoms with Crippen molar-refractivity contribution in [2.75, 3.05) is 6.61 Å². The summed E-state index contributed by atoms with van der Waals surface area (Å²) in [5.74, 6) is -0.297. The molecule has 1 aliphatic rings. The Labute approximate surface area is 52.7 Å². The molecule has 52 valence electrons. The fourth-order valence-corrected chi connectivity index (χ4v) is 0.899. The maximum atomic E-state index is 10.5. The zero-order chi connectivity index (χ0) is 6.85. The predicted molar refractivity (Wildman–Crippen MR) is 28.7 cm³/mol. The number of hydrogen-bond donors (Lipinski definition) is 2. The predicted octanol–water partition coefficient (Wildman–Crippen LogP) is -0.641. The molecule has 0 aromatic carbocycles. The van der Waals surface area contributed by atoms with Gasteiger partial charge in [0.05, 0.1) is 12.6 Å². The van der Waals surface area contributed by atoms with Crippen molar-refractivity contribution in [3.8, 4) is 0 Å². The van der Waals surface area contributed by atoms with Crippen molar-refractivity contribution >= 4 is 5.91 Å². The van der Waals surface area contributed by atoms with Gasteiger partial charge < -0.3 is 5.11 Å². The Morgan fingerprint density at radius 1 is 1.78 bits per heavy atom. The molecule has 1 heterocycles. The van der Waals surface area contributed by atoms with Gasteiger partial charge in [0.2, 0.25) is 5.91 Å². The number of aliphatic hydroxyl groups excluding tert-OH is 1. The number of hydroxylamine groups is 2. The van der Waals surface area contributed by atoms with E-state index in [1.807, 2.05) is 0 Å². The van der Waals surface area contributed by atoms with Gasteiger partial charge in [-0.3, -0.25) is 10.0 Å². The number of rotatable bonds is 1. The molecule has 1 amide bonds. The summed E-state index contributed by atoms with van der Waals surface area (Å²) in [5.41, 5.74) is 0. The molecule has 0 saturated carbocycles. The van der Waals surface area contributed by atoms with Gasteiger partial charge in [-0.2, -0.15) is 0 Å². The molecule has 0 spiro atoms. The van der Waals surface area contributed by atoms with Crippen LogP contribution in [0.15, 0.2) is 0 Å². The van der Waals surface area contributed by atoms with Crippen molar-refractivity contribution in [2.45, 2.75) is 18.9 Å². The number of aliphatic hydroxyl groups is 1. The number of hydrogen-bond acceptors (Lipinski definition) is 3. The van der Waals surface area contributed by atoms with Crippen LogP contribution in [0.2, 0.25) is 0 Å². The van der Waals surface area contributed by atoms with E-state index in [1.165, 1.54) is 0 Å². The van der Waals surface area contributed by atoms with Crippen LogP contribution in [-0.2, 0) is 4.79 Å². The first-order valence-corrected chi connectivity index (χ1v) is 2.87. The zero-order valence-corrected chi connectivity index (χ0v) is 4.95. The SMILES string of the molecule is O=C1CC[C@@H](CO)N1O. The minimum absolute atomic E-state index is 0.151. The van der Waals surface area contributed by atoms with Crippen molar-refractivity contribution in [1.82, 2.24) is 5.06 Å². The molecular weight excluding hydrogens is 122 g/mol. The van der Waals surface area contributed by atoms with E-state index in [0.29, 0.717) is 17.9 Å². The quantitative estimate of drug-likeness (QED) is 0.465. The molecule has 0 radical (unpaired) electrons. The highest BCUT2D eigenvalue weighted by Crippen LogP contribution is 2.14. The normalized spacial score (nSPS) is 27.6. The van der Waals surface area contributed by atoms with E-state index in [9.17, 15) is 4.79 Å². The lowest BCUT2D eigenvalue weighted by Gasteiger charge is -2.13. The summed E-state index contributed by atoms with van der Waals surface area (Å²) in [4.78, 5) is 10.5. The number of carbonyl (C=O) groups excluding carboxylic acids is 1. The van der Waals surface area contributed by atoms with Crippen molar-refractivity contribution in [3.63, 3.8) is 0 Å². The fourth-order valence-electron chi connectivity index (χ4n) is 0.899. The highest BCUT2D eigenvalue weighted by atomic mass is 16.5. The van der Waals surface area contributed by atoms with E-state index in [4.69, 9.17) is 10.3 Å². The first-order chi connectivity index (χ1) is 4.25. The van der Waals surface area contributed by atoms with Crippen molar-refractivity contribution in [1.29, 1.82) is 0 Å². The van der Waals surface area contributed by atoms with E-state index >= 15 is 0 Å². The minimum atomic E-state index is -0.363. The first-order valence-electron chi connectivity index (χ1n) is 2.87. The molecule has 2 N–H and O–H groups in total. The molecule has 4 nitrogen and oxygen atoms in total. The largest absolute Gasteiger partial charge is 0.394 e. The third kappa shape index (κ3) is 1.04. The van der Waals surface area contributed by atoms with Gasteiger partial charge in [-0.15, -0.1) is 0 Å². The Bertz CT molecular complexity index is 125. The monoisotopic (exact) mass is 131 g/mol. The first kappa shape index (κ1) is 6.51. The van der Waals surface area contributed by atoms with Gasteiger partial charge in [-0.05, 0) is 6.42 Å². The Morgan fingerprint density at radius 3 is 2.67 bits per heavy atom. The highest BCUT2D eigenvalue weighted by Gasteiger charge is 2.28. The average molecular weight is 131 g/mol. The summed E-state index contributed by atoms with van der Waals surface area (Å²) in [6.07, 6.45) is 0.910. The maximum Gasteiger partial charge on any atom is 0.246 e. The van der Waals surface area contributed by atoms with Gasteiger partial charge in [-0.25, -0.2) is 5.06 Å². The van der Waals surface area contributed by atoms with E-state index in [-0.39, 0.29) is 18.6 Å². The van der Waals surface area contributed by atoms with Gasteiger partial charge in [0.1, 0.15) is 0 Å². The van der Waals surface area contributed by atoms with Crippen LogP contribution in [-0.4, -0.2) is 33.9 Å². The Hall–Kier alpha value is -0.610. The third-order valence-electron chi connectivity index (χ3n) is 1.50. The molecule has 0 bridgehead atoms. The second kappa shape index (κ2) is 2.33. The van der Waals surface area contributed by atoms with Crippen molar-refractivity contribution in [3.05, 3.63) is 0 Å². The van der Waals surface area contributed by atoms with Gasteiger partial charge in [-0.1, -0.05) is 0 Å². The molecule has 0 unspecified atom stereocenters. The molecule has 9 heavy (non-hydrogen) atoms. The standard InChI is InChI=1S/C5H9NO3/c7-3-4-1-2-5(8)6(4)9/h4,7,9H,1-3H2/t4-/m0/s1. The molecule has 0 aromatic heterocycles. The zero-order valence-electron chi connectivity index (χ0n) is 4.95. The maximum absolute atomic E-state index is 10.5. The highest BCUT2D eigenvalue weighted by molar-refractivity contribution is 5.77. The van der Waals surface area contributed by atoms with Gasteiger partial charge in [0.25, 0.3) is 0 Å². The summed E-state index contributed by atoms with van der Waals surface area (Å²) in [6, 6.07) is -0.363. The second-order valence-electron chi connectivity index (χ2n) is 2.11. The van der Waals surface area contributed by atoms with E-state index in [0.717, 1.165) is 0 Å². The summed E-state index contributed by atoms with van der Waals surface area (Å²) >= 11 is 0. The van der Waals surface area contributed by atoms with E-state index in [2.05, 4.69) is 0 Å². The van der Waals surface area contributed by atoms with Crippen LogP contribution in [0, 0.1) is 0 Å². The minimum Gasteiger partial charge on any atom is -0.394 e. The molecule has 1 atom stereocenters. The summed E-state index contributed by atoms with van der Waals surface area (Å²) < 4.78 is 0. The topological polar surface area (TPSA) is 60.8 Å². The Balaban J connectivity index is 2.51. The third-order valence-corrected chi connectivity index (χ3v) is 1.50. The smallest absolute Gasteiger partial charge is 0.246 e. The number of nitrogens with zero attached hydrogens (tertiary/aromatic N) is 1. The van der Waals surface area contributed by atoms with Crippen LogP contribution in [0.4, 0.5) is 0 Å². The van der Waals surface area contributed by atoms with Crippen LogP contribution in [0.1, 0.15) is 12.8 Å². The molecule has 1 fully saturated rings. The van der Waals surface area contributed by atoms with Crippen molar-refractivity contribution < 1.29 is 15.1 Å². The van der Waals surface area contributed by atoms with Gasteiger partial charge in [0.15, 0.2) is 0 Å². The van der Waals surface area contributed by atoms with Crippen LogP contribution < -0.4 is 0 Å². The summed E-state index contributed by atoms with van der Waals surface area (Å²) in [5, 5.41) is 17.9. The average Bonchev–Trinajstić information content (AvgIpc) is 2.15. The lowest BCUT2D eigenvalue weighted by Crippen LogP contribution is -2.31. The fraction of sp³-hybridized carbons (Fsp3) is 0.800. The van der Waals surface area contributed by atoms with Crippen LogP contribution in [0.3, 0.4) is 0 Å². The second-order valence-corrected chi connectivity index (χ2v) is 2.11. The van der Waals surface area contributed by atoms with Crippen LogP contribution >= 0.6 is 0 Å². The molecule has 4 heteroatoms. The van der Waals surface area contributed by atoms with Crippen LogP contribution in [0.5, 0.6) is 0 Å². The molecule has 1 saturated heterocycles. The lowest BCUT2D eigenvalue weighted by atomic mass is 10.2. The van der Waals surface area contributed by atoms with Crippen molar-refractivity contribution in [2.24, 2.45) is 0 Å². The molecule has 0 aromatic rings. The van der Waals surface area contributed by atoms with Crippen LogP contribution in [0.25, 0.3) is 0 Å². The summed E-state index contributed by atoms with van der Waals surface area (Å²) in [6.45, 7) is -0.151. The van der Waals surface area contributed by atoms with Gasteiger partial charge >= 0.3 is 0 Å². The Morgan fingerprint density at radius 2 is 2.44 bits per heavy atom.